The summed E-state index contributed by atoms with van der Waals surface area (Å²) in [4.78, 5) is 13.3. The zero-order valence-corrected chi connectivity index (χ0v) is 7.65. The molecule has 0 aromatic rings. The second-order valence-electron chi connectivity index (χ2n) is 3.84. The Morgan fingerprint density at radius 2 is 2.31 bits per heavy atom. The Labute approximate surface area is 78.0 Å². The number of hydrogen-bond acceptors (Lipinski definition) is 2. The highest BCUT2D eigenvalue weighted by molar-refractivity contribution is 5.79. The molecular weight excluding hydrogens is 166 g/mol. The van der Waals surface area contributed by atoms with Crippen LogP contribution in [0.25, 0.3) is 0 Å². The summed E-state index contributed by atoms with van der Waals surface area (Å²) in [6.07, 6.45) is 7.25. The number of aliphatic hydroxyl groups is 1. The summed E-state index contributed by atoms with van der Waals surface area (Å²) in [5.74, 6) is 0.118. The Hall–Kier alpha value is -0.830. The molecule has 0 aromatic carbocycles. The molecule has 0 bridgehead atoms. The summed E-state index contributed by atoms with van der Waals surface area (Å²) in [5.41, 5.74) is 0. The Bertz CT molecular complexity index is 237. The average Bonchev–Trinajstić information content (AvgIpc) is 2.47. The molecule has 1 aliphatic heterocycles. The highest BCUT2D eigenvalue weighted by Crippen LogP contribution is 2.22. The van der Waals surface area contributed by atoms with E-state index in [0.29, 0.717) is 19.0 Å². The maximum Gasteiger partial charge on any atom is 0.225 e. The van der Waals surface area contributed by atoms with Crippen LogP contribution in [-0.2, 0) is 4.79 Å². The van der Waals surface area contributed by atoms with E-state index in [2.05, 4.69) is 12.2 Å². The maximum atomic E-state index is 11.4. The average molecular weight is 181 g/mol. The third-order valence-electron chi connectivity index (χ3n) is 2.82. The van der Waals surface area contributed by atoms with Crippen molar-refractivity contribution in [2.24, 2.45) is 0 Å². The Morgan fingerprint density at radius 1 is 1.46 bits per heavy atom. The largest absolute Gasteiger partial charge is 0.391 e. The van der Waals surface area contributed by atoms with Gasteiger partial charge in [0.2, 0.25) is 5.91 Å². The lowest BCUT2D eigenvalue weighted by atomic mass is 10.0. The third kappa shape index (κ3) is 1.75. The standard InChI is InChI=1S/C10H15NO2/c12-9-6-10(13)11(7-9)8-4-2-1-3-5-8/h1-2,8-9,12H,3-7H2. The van der Waals surface area contributed by atoms with Crippen molar-refractivity contribution in [2.45, 2.75) is 37.8 Å². The van der Waals surface area contributed by atoms with E-state index in [1.807, 2.05) is 4.90 Å². The van der Waals surface area contributed by atoms with Crippen molar-refractivity contribution < 1.29 is 9.90 Å². The molecule has 1 N–H and O–H groups in total. The summed E-state index contributed by atoms with van der Waals surface area (Å²) < 4.78 is 0. The predicted molar refractivity (Wildman–Crippen MR) is 49.1 cm³/mol. The number of carbonyl (C=O) groups is 1. The van der Waals surface area contributed by atoms with Gasteiger partial charge in [-0.15, -0.1) is 0 Å². The number of allylic oxidation sites excluding steroid dienone is 1. The van der Waals surface area contributed by atoms with Gasteiger partial charge in [-0.25, -0.2) is 0 Å². The van der Waals surface area contributed by atoms with Crippen molar-refractivity contribution in [1.29, 1.82) is 0 Å². The minimum absolute atomic E-state index is 0.118. The predicted octanol–water partition coefficient (Wildman–Crippen LogP) is 0.688. The van der Waals surface area contributed by atoms with Crippen LogP contribution in [0.3, 0.4) is 0 Å². The van der Waals surface area contributed by atoms with E-state index in [9.17, 15) is 9.90 Å². The highest BCUT2D eigenvalue weighted by atomic mass is 16.3. The molecule has 1 heterocycles. The van der Waals surface area contributed by atoms with Crippen molar-refractivity contribution in [1.82, 2.24) is 4.90 Å². The minimum Gasteiger partial charge on any atom is -0.391 e. The second-order valence-corrected chi connectivity index (χ2v) is 3.84. The molecule has 2 atom stereocenters. The van der Waals surface area contributed by atoms with Crippen molar-refractivity contribution in [3.05, 3.63) is 12.2 Å². The fourth-order valence-corrected chi connectivity index (χ4v) is 2.13. The van der Waals surface area contributed by atoms with E-state index in [1.54, 1.807) is 0 Å². The molecule has 1 fully saturated rings. The van der Waals surface area contributed by atoms with Gasteiger partial charge in [-0.05, 0) is 19.3 Å². The van der Waals surface area contributed by atoms with E-state index < -0.39 is 6.10 Å². The lowest BCUT2D eigenvalue weighted by Crippen LogP contribution is -2.37. The lowest BCUT2D eigenvalue weighted by molar-refractivity contribution is -0.129. The van der Waals surface area contributed by atoms with Crippen molar-refractivity contribution in [3.63, 3.8) is 0 Å². The van der Waals surface area contributed by atoms with E-state index in [0.717, 1.165) is 19.3 Å². The molecule has 2 unspecified atom stereocenters. The van der Waals surface area contributed by atoms with Gasteiger partial charge in [0.25, 0.3) is 0 Å². The molecule has 13 heavy (non-hydrogen) atoms. The minimum atomic E-state index is -0.432. The number of carbonyl (C=O) groups excluding carboxylic acids is 1. The number of aliphatic hydroxyl groups excluding tert-OH is 1. The number of rotatable bonds is 1. The van der Waals surface area contributed by atoms with Crippen LogP contribution in [-0.4, -0.2) is 34.6 Å². The number of β-amino-alcohol motifs (C(OH)–C–C–N with tert-alkyl or cyclic N) is 1. The molecule has 1 amide bonds. The van der Waals surface area contributed by atoms with Crippen LogP contribution in [0, 0.1) is 0 Å². The maximum absolute atomic E-state index is 11.4. The second kappa shape index (κ2) is 3.50. The monoisotopic (exact) mass is 181 g/mol. The van der Waals surface area contributed by atoms with Gasteiger partial charge < -0.3 is 10.0 Å². The molecule has 0 aromatic heterocycles. The molecule has 3 nitrogen and oxygen atoms in total. The first-order valence-corrected chi connectivity index (χ1v) is 4.90. The summed E-state index contributed by atoms with van der Waals surface area (Å²) in [7, 11) is 0. The molecular formula is C10H15NO2. The zero-order valence-electron chi connectivity index (χ0n) is 7.65. The molecule has 3 heteroatoms. The Morgan fingerprint density at radius 3 is 2.85 bits per heavy atom. The van der Waals surface area contributed by atoms with Gasteiger partial charge in [-0.3, -0.25) is 4.79 Å². The van der Waals surface area contributed by atoms with Gasteiger partial charge in [0.15, 0.2) is 0 Å². The number of amides is 1. The first-order chi connectivity index (χ1) is 6.27. The van der Waals surface area contributed by atoms with Crippen LogP contribution in [0.2, 0.25) is 0 Å². The van der Waals surface area contributed by atoms with Crippen LogP contribution < -0.4 is 0 Å². The summed E-state index contributed by atoms with van der Waals surface area (Å²) >= 11 is 0. The van der Waals surface area contributed by atoms with Gasteiger partial charge >= 0.3 is 0 Å². The van der Waals surface area contributed by atoms with Gasteiger partial charge in [-0.2, -0.15) is 0 Å². The molecule has 1 aliphatic carbocycles. The van der Waals surface area contributed by atoms with Crippen molar-refractivity contribution in [2.75, 3.05) is 6.54 Å². The van der Waals surface area contributed by atoms with Gasteiger partial charge in [0, 0.05) is 12.6 Å². The molecule has 0 radical (unpaired) electrons. The molecule has 0 spiro atoms. The van der Waals surface area contributed by atoms with Crippen molar-refractivity contribution >= 4 is 5.91 Å². The molecule has 1 saturated heterocycles. The van der Waals surface area contributed by atoms with E-state index in [4.69, 9.17) is 0 Å². The van der Waals surface area contributed by atoms with Crippen molar-refractivity contribution in [3.8, 4) is 0 Å². The Kier molecular flexibility index (Phi) is 2.36. The first kappa shape index (κ1) is 8.75. The lowest BCUT2D eigenvalue weighted by Gasteiger charge is -2.28. The van der Waals surface area contributed by atoms with Gasteiger partial charge in [-0.1, -0.05) is 12.2 Å². The van der Waals surface area contributed by atoms with Gasteiger partial charge in [0.05, 0.1) is 12.5 Å². The zero-order chi connectivity index (χ0) is 9.26. The number of hydrogen-bond donors (Lipinski definition) is 1. The molecule has 2 aliphatic rings. The number of likely N-dealkylation sites (tertiary alicyclic amines) is 1. The fraction of sp³-hybridized carbons (Fsp3) is 0.700. The normalized spacial score (nSPS) is 34.2. The first-order valence-electron chi connectivity index (χ1n) is 4.90. The SMILES string of the molecule is O=C1CC(O)CN1C1CC=CCC1. The smallest absolute Gasteiger partial charge is 0.225 e. The van der Waals surface area contributed by atoms with Crippen LogP contribution in [0.4, 0.5) is 0 Å². The van der Waals surface area contributed by atoms with Crippen LogP contribution in [0.1, 0.15) is 25.7 Å². The topological polar surface area (TPSA) is 40.5 Å². The van der Waals surface area contributed by atoms with Gasteiger partial charge in [0.1, 0.15) is 0 Å². The molecule has 2 rings (SSSR count). The quantitative estimate of drug-likeness (QED) is 0.604. The molecule has 0 saturated carbocycles. The highest BCUT2D eigenvalue weighted by Gasteiger charge is 2.32. The van der Waals surface area contributed by atoms with Crippen LogP contribution in [0.5, 0.6) is 0 Å². The fourth-order valence-electron chi connectivity index (χ4n) is 2.13. The number of nitrogens with zero attached hydrogens (tertiary/aromatic N) is 1. The van der Waals surface area contributed by atoms with E-state index in [-0.39, 0.29) is 5.91 Å². The summed E-state index contributed by atoms with van der Waals surface area (Å²) in [5, 5.41) is 9.32. The van der Waals surface area contributed by atoms with E-state index in [1.165, 1.54) is 0 Å². The third-order valence-corrected chi connectivity index (χ3v) is 2.82. The summed E-state index contributed by atoms with van der Waals surface area (Å²) in [6, 6.07) is 0.342. The summed E-state index contributed by atoms with van der Waals surface area (Å²) in [6.45, 7) is 0.539. The molecule has 72 valence electrons. The van der Waals surface area contributed by atoms with Crippen LogP contribution >= 0.6 is 0 Å². The Balaban J connectivity index is 2.00. The van der Waals surface area contributed by atoms with Crippen LogP contribution in [0.15, 0.2) is 12.2 Å². The van der Waals surface area contributed by atoms with E-state index >= 15 is 0 Å².